The SMILES string of the molecule is CCOC(=O)C1=C(C)N=c2sc(=Cc3ccc(N(C)C)c(Br)c3)c(=O)n2[C@H]1c1ccccc1OCC. The molecule has 2 aromatic carbocycles. The second-order valence-corrected chi connectivity index (χ2v) is 10.2. The highest BCUT2D eigenvalue weighted by molar-refractivity contribution is 9.10. The summed E-state index contributed by atoms with van der Waals surface area (Å²) in [5, 5.41) is 0. The highest BCUT2D eigenvalue weighted by atomic mass is 79.9. The molecule has 7 nitrogen and oxygen atoms in total. The maximum absolute atomic E-state index is 13.8. The van der Waals surface area contributed by atoms with Crippen molar-refractivity contribution in [2.45, 2.75) is 26.8 Å². The Bertz CT molecular complexity index is 1520. The van der Waals surface area contributed by atoms with E-state index in [1.54, 1.807) is 18.4 Å². The van der Waals surface area contributed by atoms with E-state index in [1.807, 2.05) is 74.5 Å². The number of esters is 1. The number of halogens is 1. The standard InChI is InChI=1S/C27H28BrN3O4S/c1-6-34-21-11-9-8-10-18(21)24-23(26(33)35-7-2)16(3)29-27-31(24)25(32)22(36-27)15-17-12-13-20(30(4)5)19(28)14-17/h8-15,24H,6-7H2,1-5H3/t24-/m0/s1. The van der Waals surface area contributed by atoms with Gasteiger partial charge in [-0.15, -0.1) is 0 Å². The molecular weight excluding hydrogens is 542 g/mol. The first-order valence-electron chi connectivity index (χ1n) is 11.6. The van der Waals surface area contributed by atoms with Crippen molar-refractivity contribution in [3.05, 3.63) is 89.0 Å². The first kappa shape index (κ1) is 25.9. The van der Waals surface area contributed by atoms with Crippen LogP contribution in [0.25, 0.3) is 6.08 Å². The summed E-state index contributed by atoms with van der Waals surface area (Å²) in [5.74, 6) is 0.117. The Kier molecular flexibility index (Phi) is 7.80. The molecule has 9 heteroatoms. The topological polar surface area (TPSA) is 73.1 Å². The van der Waals surface area contributed by atoms with Crippen LogP contribution >= 0.6 is 27.3 Å². The summed E-state index contributed by atoms with van der Waals surface area (Å²) in [6.07, 6.45) is 1.85. The lowest BCUT2D eigenvalue weighted by molar-refractivity contribution is -0.139. The van der Waals surface area contributed by atoms with Crippen LogP contribution < -0.4 is 24.5 Å². The van der Waals surface area contributed by atoms with Crippen molar-refractivity contribution in [2.75, 3.05) is 32.2 Å². The molecule has 1 aliphatic rings. The summed E-state index contributed by atoms with van der Waals surface area (Å²) < 4.78 is 14.3. The number of nitrogens with zero attached hydrogens (tertiary/aromatic N) is 3. The van der Waals surface area contributed by atoms with Crippen molar-refractivity contribution in [1.82, 2.24) is 4.57 Å². The maximum Gasteiger partial charge on any atom is 0.338 e. The van der Waals surface area contributed by atoms with Gasteiger partial charge in [0, 0.05) is 24.1 Å². The number of allylic oxidation sites excluding steroid dienone is 1. The number of benzene rings is 2. The van der Waals surface area contributed by atoms with E-state index in [2.05, 4.69) is 20.9 Å². The number of aromatic nitrogens is 1. The van der Waals surface area contributed by atoms with Crippen LogP contribution in [0.15, 0.2) is 68.0 Å². The molecule has 0 bridgehead atoms. The predicted molar refractivity (Wildman–Crippen MR) is 146 cm³/mol. The van der Waals surface area contributed by atoms with Crippen molar-refractivity contribution in [3.8, 4) is 5.75 Å². The third-order valence-corrected chi connectivity index (χ3v) is 7.40. The van der Waals surface area contributed by atoms with E-state index in [-0.39, 0.29) is 12.2 Å². The smallest absolute Gasteiger partial charge is 0.338 e. The number of anilines is 1. The molecule has 0 spiro atoms. The van der Waals surface area contributed by atoms with Crippen LogP contribution in [0.2, 0.25) is 0 Å². The summed E-state index contributed by atoms with van der Waals surface area (Å²) in [6, 6.07) is 12.7. The lowest BCUT2D eigenvalue weighted by Crippen LogP contribution is -2.40. The van der Waals surface area contributed by atoms with Gasteiger partial charge in [0.15, 0.2) is 4.80 Å². The van der Waals surface area contributed by atoms with Crippen molar-refractivity contribution in [3.63, 3.8) is 0 Å². The quantitative estimate of drug-likeness (QED) is 0.402. The Morgan fingerprint density at radius 2 is 1.94 bits per heavy atom. The summed E-state index contributed by atoms with van der Waals surface area (Å²) in [4.78, 5) is 34.1. The van der Waals surface area contributed by atoms with E-state index in [9.17, 15) is 9.59 Å². The number of hydrogen-bond acceptors (Lipinski definition) is 7. The Balaban J connectivity index is 1.95. The minimum absolute atomic E-state index is 0.220. The van der Waals surface area contributed by atoms with E-state index in [0.29, 0.717) is 38.5 Å². The lowest BCUT2D eigenvalue weighted by atomic mass is 9.95. The second kappa shape index (κ2) is 10.8. The fourth-order valence-corrected chi connectivity index (χ4v) is 6.00. The lowest BCUT2D eigenvalue weighted by Gasteiger charge is -2.26. The van der Waals surface area contributed by atoms with Crippen LogP contribution in [0.4, 0.5) is 5.69 Å². The molecule has 0 N–H and O–H groups in total. The molecule has 188 valence electrons. The van der Waals surface area contributed by atoms with Gasteiger partial charge >= 0.3 is 5.97 Å². The molecule has 1 aliphatic heterocycles. The monoisotopic (exact) mass is 569 g/mol. The number of fused-ring (bicyclic) bond motifs is 1. The fourth-order valence-electron chi connectivity index (χ4n) is 4.21. The van der Waals surface area contributed by atoms with E-state index in [1.165, 1.54) is 11.3 Å². The maximum atomic E-state index is 13.8. The largest absolute Gasteiger partial charge is 0.494 e. The zero-order chi connectivity index (χ0) is 26.0. The molecule has 2 heterocycles. The van der Waals surface area contributed by atoms with Crippen LogP contribution in [0.5, 0.6) is 5.75 Å². The average molecular weight is 571 g/mol. The Morgan fingerprint density at radius 1 is 1.19 bits per heavy atom. The molecule has 36 heavy (non-hydrogen) atoms. The fraction of sp³-hybridized carbons (Fsp3) is 0.296. The number of carbonyl (C=O) groups is 1. The van der Waals surface area contributed by atoms with Crippen molar-refractivity contribution in [1.29, 1.82) is 0 Å². The summed E-state index contributed by atoms with van der Waals surface area (Å²) >= 11 is 4.91. The van der Waals surface area contributed by atoms with Gasteiger partial charge in [0.1, 0.15) is 11.8 Å². The minimum Gasteiger partial charge on any atom is -0.494 e. The number of ether oxygens (including phenoxy) is 2. The van der Waals surface area contributed by atoms with Crippen LogP contribution in [0.1, 0.15) is 37.9 Å². The first-order valence-corrected chi connectivity index (χ1v) is 13.3. The van der Waals surface area contributed by atoms with E-state index < -0.39 is 12.0 Å². The second-order valence-electron chi connectivity index (χ2n) is 8.38. The van der Waals surface area contributed by atoms with Crippen LogP contribution in [-0.2, 0) is 9.53 Å². The molecule has 0 amide bonds. The molecule has 0 radical (unpaired) electrons. The van der Waals surface area contributed by atoms with Crippen LogP contribution in [0, 0.1) is 0 Å². The zero-order valence-electron chi connectivity index (χ0n) is 20.9. The molecule has 0 unspecified atom stereocenters. The van der Waals surface area contributed by atoms with Gasteiger partial charge in [-0.3, -0.25) is 9.36 Å². The highest BCUT2D eigenvalue weighted by Gasteiger charge is 2.35. The average Bonchev–Trinajstić information content (AvgIpc) is 3.13. The van der Waals surface area contributed by atoms with Gasteiger partial charge in [-0.05, 0) is 66.5 Å². The van der Waals surface area contributed by atoms with Gasteiger partial charge < -0.3 is 14.4 Å². The van der Waals surface area contributed by atoms with Crippen LogP contribution in [0.3, 0.4) is 0 Å². The zero-order valence-corrected chi connectivity index (χ0v) is 23.3. The summed E-state index contributed by atoms with van der Waals surface area (Å²) in [5.41, 5.74) is 3.26. The van der Waals surface area contributed by atoms with Gasteiger partial charge in [0.25, 0.3) is 5.56 Å². The van der Waals surface area contributed by atoms with Gasteiger partial charge in [0.05, 0.1) is 34.7 Å². The molecule has 3 aromatic rings. The molecule has 0 saturated carbocycles. The number of thiazole rings is 1. The van der Waals surface area contributed by atoms with Gasteiger partial charge in [-0.25, -0.2) is 9.79 Å². The normalized spacial score (nSPS) is 15.4. The predicted octanol–water partition coefficient (Wildman–Crippen LogP) is 4.03. The minimum atomic E-state index is -0.715. The number of carbonyl (C=O) groups excluding carboxylic acids is 1. The van der Waals surface area contributed by atoms with Crippen molar-refractivity contribution in [2.24, 2.45) is 4.99 Å². The van der Waals surface area contributed by atoms with Crippen molar-refractivity contribution < 1.29 is 14.3 Å². The third-order valence-electron chi connectivity index (χ3n) is 5.78. The Hall–Kier alpha value is -3.17. The number of rotatable bonds is 7. The van der Waals surface area contributed by atoms with E-state index in [0.717, 1.165) is 15.7 Å². The van der Waals surface area contributed by atoms with Crippen molar-refractivity contribution >= 4 is 45.0 Å². The van der Waals surface area contributed by atoms with Gasteiger partial charge in [0.2, 0.25) is 0 Å². The van der Waals surface area contributed by atoms with E-state index in [4.69, 9.17) is 9.47 Å². The van der Waals surface area contributed by atoms with E-state index >= 15 is 0 Å². The van der Waals surface area contributed by atoms with Gasteiger partial charge in [-0.1, -0.05) is 35.6 Å². The number of para-hydroxylation sites is 1. The molecule has 0 saturated heterocycles. The molecule has 0 fully saturated rings. The Labute approximate surface area is 222 Å². The highest BCUT2D eigenvalue weighted by Crippen LogP contribution is 2.35. The summed E-state index contributed by atoms with van der Waals surface area (Å²) in [6.45, 7) is 6.10. The molecular formula is C27H28BrN3O4S. The molecule has 1 atom stereocenters. The molecule has 1 aromatic heterocycles. The first-order chi connectivity index (χ1) is 17.3. The number of hydrogen-bond donors (Lipinski definition) is 0. The molecule has 4 rings (SSSR count). The molecule has 0 aliphatic carbocycles. The van der Waals surface area contributed by atoms with Gasteiger partial charge in [-0.2, -0.15) is 0 Å². The third kappa shape index (κ3) is 4.90. The Morgan fingerprint density at radius 3 is 2.61 bits per heavy atom. The van der Waals surface area contributed by atoms with Crippen LogP contribution in [-0.4, -0.2) is 37.8 Å². The summed E-state index contributed by atoms with van der Waals surface area (Å²) in [7, 11) is 3.95.